The highest BCUT2D eigenvalue weighted by molar-refractivity contribution is 6.05. The van der Waals surface area contributed by atoms with Crippen molar-refractivity contribution in [3.8, 4) is 5.75 Å². The highest BCUT2D eigenvalue weighted by Crippen LogP contribution is 2.17. The number of carbonyl (C=O) groups excluding carboxylic acids is 1. The van der Waals surface area contributed by atoms with E-state index in [0.717, 1.165) is 22.8 Å². The van der Waals surface area contributed by atoms with Crippen molar-refractivity contribution in [3.05, 3.63) is 47.3 Å². The quantitative estimate of drug-likeness (QED) is 0.872. The molecule has 1 heterocycles. The lowest BCUT2D eigenvalue weighted by molar-refractivity contribution is 0.102. The van der Waals surface area contributed by atoms with Gasteiger partial charge in [0.05, 0.1) is 12.7 Å². The van der Waals surface area contributed by atoms with E-state index in [1.54, 1.807) is 7.11 Å². The average Bonchev–Trinajstić information content (AvgIpc) is 2.69. The number of hydrogen-bond donors (Lipinski definition) is 2. The molecule has 1 amide bonds. The molecule has 0 fully saturated rings. The first-order valence-electron chi connectivity index (χ1n) is 5.72. The lowest BCUT2D eigenvalue weighted by Gasteiger charge is -2.05. The Labute approximate surface area is 106 Å². The molecule has 4 nitrogen and oxygen atoms in total. The summed E-state index contributed by atoms with van der Waals surface area (Å²) in [4.78, 5) is 15.2. The molecule has 0 unspecified atom stereocenters. The van der Waals surface area contributed by atoms with Crippen LogP contribution < -0.4 is 10.1 Å². The average molecular weight is 244 g/mol. The minimum absolute atomic E-state index is 0.109. The van der Waals surface area contributed by atoms with Gasteiger partial charge in [0, 0.05) is 17.1 Å². The van der Waals surface area contributed by atoms with Crippen LogP contribution in [0.4, 0.5) is 5.69 Å². The van der Waals surface area contributed by atoms with E-state index in [9.17, 15) is 4.79 Å². The number of aromatic amines is 1. The van der Waals surface area contributed by atoms with E-state index >= 15 is 0 Å². The number of aryl methyl sites for hydroxylation is 2. The molecule has 0 saturated heterocycles. The Morgan fingerprint density at radius 1 is 1.22 bits per heavy atom. The normalized spacial score (nSPS) is 10.2. The van der Waals surface area contributed by atoms with Gasteiger partial charge in [0.2, 0.25) is 0 Å². The molecule has 0 bridgehead atoms. The zero-order valence-electron chi connectivity index (χ0n) is 10.7. The fraction of sp³-hybridized carbons (Fsp3) is 0.214. The Morgan fingerprint density at radius 3 is 2.39 bits per heavy atom. The number of methoxy groups -OCH3 is 1. The molecule has 0 aliphatic rings. The van der Waals surface area contributed by atoms with Gasteiger partial charge in [-0.2, -0.15) is 0 Å². The van der Waals surface area contributed by atoms with Gasteiger partial charge in [-0.05, 0) is 44.2 Å². The lowest BCUT2D eigenvalue weighted by Crippen LogP contribution is -2.12. The number of benzene rings is 1. The monoisotopic (exact) mass is 244 g/mol. The first-order valence-corrected chi connectivity index (χ1v) is 5.72. The molecule has 2 rings (SSSR count). The Bertz CT molecular complexity index is 556. The van der Waals surface area contributed by atoms with Crippen molar-refractivity contribution < 1.29 is 9.53 Å². The molecule has 0 atom stereocenters. The van der Waals surface area contributed by atoms with E-state index in [-0.39, 0.29) is 5.91 Å². The third kappa shape index (κ3) is 2.53. The summed E-state index contributed by atoms with van der Waals surface area (Å²) in [7, 11) is 1.61. The molecule has 0 radical (unpaired) electrons. The summed E-state index contributed by atoms with van der Waals surface area (Å²) in [6.07, 6.45) is 0. The van der Waals surface area contributed by atoms with Crippen LogP contribution in [0.15, 0.2) is 30.3 Å². The molecule has 0 aliphatic heterocycles. The van der Waals surface area contributed by atoms with Gasteiger partial charge in [-0.25, -0.2) is 0 Å². The van der Waals surface area contributed by atoms with E-state index in [2.05, 4.69) is 10.3 Å². The Hall–Kier alpha value is -2.23. The summed E-state index contributed by atoms with van der Waals surface area (Å²) >= 11 is 0. The Kier molecular flexibility index (Phi) is 3.37. The van der Waals surface area contributed by atoms with Crippen molar-refractivity contribution in [2.45, 2.75) is 13.8 Å². The van der Waals surface area contributed by atoms with Gasteiger partial charge in [0.25, 0.3) is 5.91 Å². The third-order valence-corrected chi connectivity index (χ3v) is 2.74. The van der Waals surface area contributed by atoms with Crippen LogP contribution in [0.3, 0.4) is 0 Å². The molecule has 18 heavy (non-hydrogen) atoms. The molecule has 0 saturated carbocycles. The van der Waals surface area contributed by atoms with Crippen LogP contribution >= 0.6 is 0 Å². The second-order valence-corrected chi connectivity index (χ2v) is 4.17. The predicted octanol–water partition coefficient (Wildman–Crippen LogP) is 2.89. The highest BCUT2D eigenvalue weighted by atomic mass is 16.5. The topological polar surface area (TPSA) is 54.1 Å². The van der Waals surface area contributed by atoms with Crippen LogP contribution in [0.1, 0.15) is 21.7 Å². The van der Waals surface area contributed by atoms with Crippen LogP contribution in [-0.4, -0.2) is 18.0 Å². The van der Waals surface area contributed by atoms with E-state index in [4.69, 9.17) is 4.74 Å². The third-order valence-electron chi connectivity index (χ3n) is 2.74. The van der Waals surface area contributed by atoms with Crippen LogP contribution in [0.2, 0.25) is 0 Å². The zero-order chi connectivity index (χ0) is 13.1. The van der Waals surface area contributed by atoms with Crippen molar-refractivity contribution in [1.82, 2.24) is 4.98 Å². The van der Waals surface area contributed by atoms with Crippen LogP contribution in [-0.2, 0) is 0 Å². The standard InChI is InChI=1S/C14H16N2O2/c1-9-8-13(10(2)15-9)14(17)16-11-4-6-12(18-3)7-5-11/h4-8,15H,1-3H3,(H,16,17). The number of rotatable bonds is 3. The summed E-state index contributed by atoms with van der Waals surface area (Å²) in [5, 5.41) is 2.85. The van der Waals surface area contributed by atoms with Crippen LogP contribution in [0.5, 0.6) is 5.75 Å². The molecule has 0 spiro atoms. The van der Waals surface area contributed by atoms with Gasteiger partial charge in [-0.15, -0.1) is 0 Å². The van der Waals surface area contributed by atoms with Gasteiger partial charge in [-0.3, -0.25) is 4.79 Å². The number of H-pyrrole nitrogens is 1. The fourth-order valence-corrected chi connectivity index (χ4v) is 1.83. The molecule has 2 N–H and O–H groups in total. The second kappa shape index (κ2) is 4.96. The smallest absolute Gasteiger partial charge is 0.257 e. The first-order chi connectivity index (χ1) is 8.60. The number of anilines is 1. The van der Waals surface area contributed by atoms with Crippen molar-refractivity contribution in [2.24, 2.45) is 0 Å². The van der Waals surface area contributed by atoms with E-state index < -0.39 is 0 Å². The molecular formula is C14H16N2O2. The highest BCUT2D eigenvalue weighted by Gasteiger charge is 2.11. The number of aromatic nitrogens is 1. The predicted molar refractivity (Wildman–Crippen MR) is 71.2 cm³/mol. The molecule has 1 aromatic carbocycles. The number of nitrogens with one attached hydrogen (secondary N) is 2. The Balaban J connectivity index is 2.13. The second-order valence-electron chi connectivity index (χ2n) is 4.17. The van der Waals surface area contributed by atoms with Crippen molar-refractivity contribution >= 4 is 11.6 Å². The zero-order valence-corrected chi connectivity index (χ0v) is 10.7. The molecule has 4 heteroatoms. The van der Waals surface area contributed by atoms with Gasteiger partial charge in [0.1, 0.15) is 5.75 Å². The van der Waals surface area contributed by atoms with Gasteiger partial charge in [0.15, 0.2) is 0 Å². The molecular weight excluding hydrogens is 228 g/mol. The summed E-state index contributed by atoms with van der Waals surface area (Å²) in [5.41, 5.74) is 3.27. The van der Waals surface area contributed by atoms with Gasteiger partial charge in [-0.1, -0.05) is 0 Å². The summed E-state index contributed by atoms with van der Waals surface area (Å²) < 4.78 is 5.06. The number of ether oxygens (including phenoxy) is 1. The molecule has 0 aliphatic carbocycles. The maximum Gasteiger partial charge on any atom is 0.257 e. The van der Waals surface area contributed by atoms with E-state index in [0.29, 0.717) is 5.56 Å². The van der Waals surface area contributed by atoms with Crippen LogP contribution in [0.25, 0.3) is 0 Å². The maximum atomic E-state index is 12.0. The van der Waals surface area contributed by atoms with E-state index in [1.165, 1.54) is 0 Å². The Morgan fingerprint density at radius 2 is 1.89 bits per heavy atom. The van der Waals surface area contributed by atoms with Gasteiger partial charge < -0.3 is 15.0 Å². The largest absolute Gasteiger partial charge is 0.497 e. The minimum atomic E-state index is -0.109. The maximum absolute atomic E-state index is 12.0. The lowest BCUT2D eigenvalue weighted by atomic mass is 10.2. The molecule has 2 aromatic rings. The van der Waals surface area contributed by atoms with Crippen LogP contribution in [0, 0.1) is 13.8 Å². The first kappa shape index (κ1) is 12.2. The minimum Gasteiger partial charge on any atom is -0.497 e. The number of hydrogen-bond acceptors (Lipinski definition) is 2. The molecule has 94 valence electrons. The summed E-state index contributed by atoms with van der Waals surface area (Å²) in [6.45, 7) is 3.81. The summed E-state index contributed by atoms with van der Waals surface area (Å²) in [5.74, 6) is 0.656. The van der Waals surface area contributed by atoms with Crippen molar-refractivity contribution in [1.29, 1.82) is 0 Å². The van der Waals surface area contributed by atoms with Crippen molar-refractivity contribution in [2.75, 3.05) is 12.4 Å². The fourth-order valence-electron chi connectivity index (χ4n) is 1.83. The van der Waals surface area contributed by atoms with Gasteiger partial charge >= 0.3 is 0 Å². The summed E-state index contributed by atoms with van der Waals surface area (Å²) in [6, 6.07) is 9.08. The van der Waals surface area contributed by atoms with Crippen molar-refractivity contribution in [3.63, 3.8) is 0 Å². The SMILES string of the molecule is COc1ccc(NC(=O)c2cc(C)[nH]c2C)cc1. The van der Waals surface area contributed by atoms with E-state index in [1.807, 2.05) is 44.2 Å². The number of amides is 1. The number of carbonyl (C=O) groups is 1. The molecule has 1 aromatic heterocycles.